The lowest BCUT2D eigenvalue weighted by Crippen LogP contribution is -2.53. The van der Waals surface area contributed by atoms with Gasteiger partial charge in [-0.2, -0.15) is 18.2 Å². The monoisotopic (exact) mass is 832 g/mol. The number of aromatic hydroxyl groups is 1. The number of nitrogens with zero attached hydrogens (tertiary/aromatic N) is 3. The maximum absolute atomic E-state index is 15.4. The highest BCUT2D eigenvalue weighted by molar-refractivity contribution is 6.33. The standard InChI is InChI=1S/C42H33Cl2F3N4O7/c1-3-58-32-6-4-5-28(35(32)53)34-26-15-16-27-33(39(56)50(37(27)54)25-13-7-21(8-14-25)20(2)52)29(26)18-30-38(55)51(40(57)41(30,34)22-9-11-24(43)12-10-22)49-36-31(44)17-23(19-48-36)42(45,46)47/h4-15,17,19,27,29-30,33-34,53H,3,16,18H2,1-2H3,(H,48,49)/t27-,29+,30-,33-,34+,41+/m0/s1. The van der Waals surface area contributed by atoms with Crippen molar-refractivity contribution in [3.63, 3.8) is 0 Å². The highest BCUT2D eigenvalue weighted by atomic mass is 35.5. The Balaban J connectivity index is 1.31. The molecule has 1 saturated carbocycles. The van der Waals surface area contributed by atoms with Crippen LogP contribution in [-0.4, -0.2) is 51.1 Å². The second-order valence-electron chi connectivity index (χ2n) is 14.7. The number of amides is 4. The first-order valence-corrected chi connectivity index (χ1v) is 19.1. The van der Waals surface area contributed by atoms with Gasteiger partial charge in [-0.15, -0.1) is 0 Å². The van der Waals surface area contributed by atoms with Crippen molar-refractivity contribution in [1.29, 1.82) is 0 Å². The summed E-state index contributed by atoms with van der Waals surface area (Å²) in [5.74, 6) is -8.54. The number of ketones is 1. The van der Waals surface area contributed by atoms with E-state index in [1.807, 2.05) is 0 Å². The predicted octanol–water partition coefficient (Wildman–Crippen LogP) is 7.90. The van der Waals surface area contributed by atoms with Gasteiger partial charge >= 0.3 is 6.18 Å². The van der Waals surface area contributed by atoms with E-state index >= 15 is 4.79 Å². The number of ether oxygens (including phenoxy) is 1. The summed E-state index contributed by atoms with van der Waals surface area (Å²) in [6, 6.07) is 17.7. The van der Waals surface area contributed by atoms with Gasteiger partial charge in [0.2, 0.25) is 11.8 Å². The number of hydrogen-bond acceptors (Lipinski definition) is 9. The second kappa shape index (κ2) is 14.3. The van der Waals surface area contributed by atoms with Gasteiger partial charge in [-0.3, -0.25) is 34.3 Å². The average Bonchev–Trinajstić information content (AvgIpc) is 3.57. The van der Waals surface area contributed by atoms with E-state index < -0.39 is 81.2 Å². The van der Waals surface area contributed by atoms with Gasteiger partial charge in [-0.05, 0) is 86.7 Å². The number of alkyl halides is 3. The summed E-state index contributed by atoms with van der Waals surface area (Å²) in [5.41, 5.74) is 1.29. The molecule has 2 saturated heterocycles. The molecule has 3 heterocycles. The van der Waals surface area contributed by atoms with Crippen molar-refractivity contribution in [3.05, 3.63) is 123 Å². The topological polar surface area (TPSA) is 146 Å². The fraction of sp³-hybridized carbons (Fsp3) is 0.286. The van der Waals surface area contributed by atoms with Gasteiger partial charge in [0, 0.05) is 28.3 Å². The van der Waals surface area contributed by atoms with Gasteiger partial charge in [0.25, 0.3) is 11.8 Å². The number of carbonyl (C=O) groups excluding carboxylic acids is 5. The molecule has 3 aromatic carbocycles. The number of phenols is 1. The third-order valence-electron chi connectivity index (χ3n) is 11.7. The lowest BCUT2D eigenvalue weighted by atomic mass is 9.49. The Morgan fingerprint density at radius 3 is 2.33 bits per heavy atom. The average molecular weight is 834 g/mol. The molecule has 2 aliphatic carbocycles. The Morgan fingerprint density at radius 2 is 1.69 bits per heavy atom. The van der Waals surface area contributed by atoms with Crippen LogP contribution < -0.4 is 15.1 Å². The number of aromatic nitrogens is 1. The van der Waals surface area contributed by atoms with E-state index in [0.29, 0.717) is 39.0 Å². The number of allylic oxidation sites excluding steroid dienone is 2. The largest absolute Gasteiger partial charge is 0.504 e. The zero-order chi connectivity index (χ0) is 41.4. The number of carbonyl (C=O) groups is 5. The van der Waals surface area contributed by atoms with Crippen molar-refractivity contribution in [1.82, 2.24) is 9.99 Å². The van der Waals surface area contributed by atoms with Crippen LogP contribution in [0.2, 0.25) is 10.0 Å². The molecule has 0 bridgehead atoms. The van der Waals surface area contributed by atoms with Crippen molar-refractivity contribution < 1.29 is 47.0 Å². The number of benzene rings is 3. The number of rotatable bonds is 8. The number of anilines is 2. The van der Waals surface area contributed by atoms with E-state index in [9.17, 15) is 37.5 Å². The third-order valence-corrected chi connectivity index (χ3v) is 12.3. The van der Waals surface area contributed by atoms with Crippen molar-refractivity contribution >= 4 is 64.1 Å². The maximum Gasteiger partial charge on any atom is 0.417 e. The molecule has 0 unspecified atom stereocenters. The van der Waals surface area contributed by atoms with Crippen LogP contribution in [0, 0.1) is 23.7 Å². The highest BCUT2D eigenvalue weighted by Crippen LogP contribution is 2.65. The SMILES string of the molecule is CCOc1cccc([C@H]2C3=CC[C@@H]4C(=O)N(c5ccc(C(C)=O)cc5)C(=O)[C@@H]4[C@@H]3C[C@H]3C(=O)N(Nc4ncc(C(F)(F)F)cc4Cl)C(=O)[C@@]23c2ccc(Cl)cc2)c1O. The summed E-state index contributed by atoms with van der Waals surface area (Å²) < 4.78 is 46.3. The van der Waals surface area contributed by atoms with Crippen LogP contribution in [0.15, 0.2) is 90.6 Å². The summed E-state index contributed by atoms with van der Waals surface area (Å²) >= 11 is 12.6. The number of pyridine rings is 1. The van der Waals surface area contributed by atoms with Crippen molar-refractivity contribution in [2.24, 2.45) is 23.7 Å². The predicted molar refractivity (Wildman–Crippen MR) is 205 cm³/mol. The molecule has 11 nitrogen and oxygen atoms in total. The van der Waals surface area contributed by atoms with E-state index in [1.54, 1.807) is 55.5 Å². The summed E-state index contributed by atoms with van der Waals surface area (Å²) in [6.45, 7) is 3.30. The van der Waals surface area contributed by atoms with Gasteiger partial charge in [0.05, 0.1) is 46.0 Å². The minimum atomic E-state index is -4.78. The zero-order valence-electron chi connectivity index (χ0n) is 30.7. The quantitative estimate of drug-likeness (QED) is 0.103. The van der Waals surface area contributed by atoms with Crippen LogP contribution in [0.3, 0.4) is 0 Å². The molecule has 4 aliphatic rings. The number of para-hydroxylation sites is 1. The first kappa shape index (κ1) is 39.1. The molecular weight excluding hydrogens is 800 g/mol. The van der Waals surface area contributed by atoms with E-state index in [2.05, 4.69) is 10.4 Å². The van der Waals surface area contributed by atoms with Gasteiger partial charge in [-0.1, -0.05) is 59.1 Å². The summed E-state index contributed by atoms with van der Waals surface area (Å²) in [6.07, 6.45) is -2.50. The Hall–Kier alpha value is -5.73. The van der Waals surface area contributed by atoms with Crippen LogP contribution >= 0.6 is 23.2 Å². The number of phenolic OH excluding ortho intramolecular Hbond substituents is 1. The molecule has 8 rings (SSSR count). The molecule has 2 aliphatic heterocycles. The fourth-order valence-corrected chi connectivity index (χ4v) is 9.61. The van der Waals surface area contributed by atoms with Crippen molar-refractivity contribution in [3.8, 4) is 11.5 Å². The summed E-state index contributed by atoms with van der Waals surface area (Å²) in [4.78, 5) is 75.9. The number of nitrogens with one attached hydrogen (secondary N) is 1. The Morgan fingerprint density at radius 1 is 0.983 bits per heavy atom. The zero-order valence-corrected chi connectivity index (χ0v) is 32.2. The minimum absolute atomic E-state index is 0.0854. The van der Waals surface area contributed by atoms with E-state index in [0.717, 1.165) is 4.90 Å². The molecule has 298 valence electrons. The number of imide groups is 2. The number of fused-ring (bicyclic) bond motifs is 4. The van der Waals surface area contributed by atoms with Crippen LogP contribution in [0.25, 0.3) is 0 Å². The van der Waals surface area contributed by atoms with Gasteiger partial charge in [0.15, 0.2) is 23.1 Å². The normalized spacial score (nSPS) is 25.3. The third kappa shape index (κ3) is 5.95. The fourth-order valence-electron chi connectivity index (χ4n) is 9.27. The van der Waals surface area contributed by atoms with Gasteiger partial charge in [-0.25, -0.2) is 4.98 Å². The molecule has 3 fully saturated rings. The van der Waals surface area contributed by atoms with E-state index in [1.165, 1.54) is 31.2 Å². The van der Waals surface area contributed by atoms with Gasteiger partial charge < -0.3 is 9.84 Å². The van der Waals surface area contributed by atoms with Crippen LogP contribution in [0.1, 0.15) is 59.7 Å². The molecule has 6 atom stereocenters. The molecule has 1 aromatic heterocycles. The molecule has 0 spiro atoms. The number of halogens is 5. The second-order valence-corrected chi connectivity index (χ2v) is 15.5. The molecule has 4 amide bonds. The Labute approximate surface area is 339 Å². The maximum atomic E-state index is 15.4. The molecule has 4 aromatic rings. The Bertz CT molecular complexity index is 2440. The number of Topliss-reactive ketones (excluding diaryl/α,β-unsaturated/α-hetero) is 1. The lowest BCUT2D eigenvalue weighted by molar-refractivity contribution is -0.139. The molecular formula is C42H33Cl2F3N4O7. The highest BCUT2D eigenvalue weighted by Gasteiger charge is 2.71. The van der Waals surface area contributed by atoms with Gasteiger partial charge in [0.1, 0.15) is 0 Å². The summed E-state index contributed by atoms with van der Waals surface area (Å²) in [7, 11) is 0. The van der Waals surface area contributed by atoms with Crippen LogP contribution in [-0.2, 0) is 30.8 Å². The van der Waals surface area contributed by atoms with Crippen molar-refractivity contribution in [2.75, 3.05) is 16.9 Å². The van der Waals surface area contributed by atoms with E-state index in [-0.39, 0.29) is 48.0 Å². The Kier molecular flexibility index (Phi) is 9.63. The molecule has 0 radical (unpaired) electrons. The van der Waals surface area contributed by atoms with Crippen LogP contribution in [0.5, 0.6) is 11.5 Å². The smallest absolute Gasteiger partial charge is 0.417 e. The molecule has 16 heteroatoms. The first-order valence-electron chi connectivity index (χ1n) is 18.4. The van der Waals surface area contributed by atoms with E-state index in [4.69, 9.17) is 27.9 Å². The summed E-state index contributed by atoms with van der Waals surface area (Å²) in [5, 5.41) is 12.4. The number of hydrogen-bond donors (Lipinski definition) is 2. The first-order chi connectivity index (χ1) is 27.6. The van der Waals surface area contributed by atoms with Crippen LogP contribution in [0.4, 0.5) is 24.7 Å². The molecule has 58 heavy (non-hydrogen) atoms. The lowest BCUT2D eigenvalue weighted by Gasteiger charge is -2.50. The molecule has 2 N–H and O–H groups in total. The minimum Gasteiger partial charge on any atom is -0.504 e. The number of hydrazine groups is 1. The van der Waals surface area contributed by atoms with Crippen molar-refractivity contribution in [2.45, 2.75) is 44.2 Å².